The first-order valence-electron chi connectivity index (χ1n) is 12.7. The van der Waals surface area contributed by atoms with Gasteiger partial charge in [0.2, 0.25) is 5.91 Å². The van der Waals surface area contributed by atoms with Gasteiger partial charge in [0.05, 0.1) is 13.7 Å². The lowest BCUT2D eigenvalue weighted by Gasteiger charge is -2.22. The second-order valence-electron chi connectivity index (χ2n) is 9.35. The number of nitrogens with zero attached hydrogens (tertiary/aromatic N) is 1. The molecule has 1 unspecified atom stereocenters. The standard InChI is InChI=1S/C27H37N3O6/c1-19-25(26(33)28-17-24(32)34-2)29-27(36-19)22(15-9-14-20-10-5-3-6-11-20)16-23(31)30-35-18-21-12-7-4-8-13-21/h4,7-8,12-13,20,22H,3,5-6,9-11,14-18H2,1-2H3,(H,28,33)(H,30,31). The molecule has 2 aromatic rings. The van der Waals surface area contributed by atoms with Crippen molar-refractivity contribution in [3.63, 3.8) is 0 Å². The average Bonchev–Trinajstić information content (AvgIpc) is 3.29. The highest BCUT2D eigenvalue weighted by Crippen LogP contribution is 2.32. The van der Waals surface area contributed by atoms with Crippen molar-refractivity contribution in [2.24, 2.45) is 5.92 Å². The van der Waals surface area contributed by atoms with Crippen LogP contribution in [-0.4, -0.2) is 36.4 Å². The van der Waals surface area contributed by atoms with E-state index in [-0.39, 0.29) is 37.1 Å². The highest BCUT2D eigenvalue weighted by molar-refractivity contribution is 5.95. The first-order valence-corrected chi connectivity index (χ1v) is 12.7. The molecule has 2 amide bonds. The number of hydroxylamine groups is 1. The van der Waals surface area contributed by atoms with E-state index < -0.39 is 11.9 Å². The van der Waals surface area contributed by atoms with E-state index in [1.165, 1.54) is 39.2 Å². The van der Waals surface area contributed by atoms with Crippen molar-refractivity contribution in [1.29, 1.82) is 0 Å². The molecule has 1 fully saturated rings. The zero-order valence-electron chi connectivity index (χ0n) is 21.2. The Morgan fingerprint density at radius 3 is 2.61 bits per heavy atom. The lowest BCUT2D eigenvalue weighted by Crippen LogP contribution is -2.30. The zero-order valence-corrected chi connectivity index (χ0v) is 21.2. The van der Waals surface area contributed by atoms with Gasteiger partial charge in [-0.05, 0) is 24.8 Å². The van der Waals surface area contributed by atoms with Crippen molar-refractivity contribution < 1.29 is 28.4 Å². The Morgan fingerprint density at radius 1 is 1.14 bits per heavy atom. The molecule has 0 radical (unpaired) electrons. The fraction of sp³-hybridized carbons (Fsp3) is 0.556. The van der Waals surface area contributed by atoms with Gasteiger partial charge >= 0.3 is 5.97 Å². The van der Waals surface area contributed by atoms with Crippen molar-refractivity contribution >= 4 is 17.8 Å². The fourth-order valence-electron chi connectivity index (χ4n) is 4.59. The van der Waals surface area contributed by atoms with Crippen molar-refractivity contribution in [2.75, 3.05) is 13.7 Å². The summed E-state index contributed by atoms with van der Waals surface area (Å²) in [5, 5.41) is 2.48. The van der Waals surface area contributed by atoms with E-state index >= 15 is 0 Å². The van der Waals surface area contributed by atoms with Crippen LogP contribution in [0.4, 0.5) is 0 Å². The minimum absolute atomic E-state index is 0.104. The van der Waals surface area contributed by atoms with Gasteiger partial charge < -0.3 is 14.5 Å². The second kappa shape index (κ2) is 14.4. The van der Waals surface area contributed by atoms with E-state index in [0.29, 0.717) is 18.1 Å². The number of methoxy groups -OCH3 is 1. The molecule has 1 heterocycles. The third-order valence-electron chi connectivity index (χ3n) is 6.59. The van der Waals surface area contributed by atoms with Crippen LogP contribution in [0.25, 0.3) is 0 Å². The topological polar surface area (TPSA) is 120 Å². The van der Waals surface area contributed by atoms with E-state index in [2.05, 4.69) is 20.5 Å². The molecular formula is C27H37N3O6. The molecule has 1 aromatic heterocycles. The van der Waals surface area contributed by atoms with Crippen LogP contribution >= 0.6 is 0 Å². The lowest BCUT2D eigenvalue weighted by molar-refractivity contribution is -0.139. The number of hydrogen-bond acceptors (Lipinski definition) is 7. The molecule has 0 saturated heterocycles. The first kappa shape index (κ1) is 27.4. The Kier molecular flexibility index (Phi) is 10.9. The number of oxazole rings is 1. The zero-order chi connectivity index (χ0) is 25.8. The molecular weight excluding hydrogens is 462 g/mol. The molecule has 1 saturated carbocycles. The smallest absolute Gasteiger partial charge is 0.325 e. The Labute approximate surface area is 212 Å². The number of carbonyl (C=O) groups excluding carboxylic acids is 3. The molecule has 0 spiro atoms. The van der Waals surface area contributed by atoms with E-state index in [0.717, 1.165) is 24.3 Å². The SMILES string of the molecule is COC(=O)CNC(=O)c1nc(C(CCCC2CCCCC2)CC(=O)NOCc2ccccc2)oc1C. The van der Waals surface area contributed by atoms with Crippen LogP contribution in [0.1, 0.15) is 91.4 Å². The quantitative estimate of drug-likeness (QED) is 0.310. The Balaban J connectivity index is 1.61. The monoisotopic (exact) mass is 499 g/mol. The van der Waals surface area contributed by atoms with Crippen LogP contribution < -0.4 is 10.8 Å². The molecule has 1 aliphatic carbocycles. The van der Waals surface area contributed by atoms with Gasteiger partial charge in [0, 0.05) is 12.3 Å². The lowest BCUT2D eigenvalue weighted by atomic mass is 9.84. The van der Waals surface area contributed by atoms with Crippen LogP contribution in [0.3, 0.4) is 0 Å². The maximum Gasteiger partial charge on any atom is 0.325 e. The number of hydrogen-bond donors (Lipinski definition) is 2. The number of rotatable bonds is 13. The van der Waals surface area contributed by atoms with Crippen molar-refractivity contribution in [3.05, 3.63) is 53.2 Å². The third kappa shape index (κ3) is 8.78. The van der Waals surface area contributed by atoms with Crippen LogP contribution in [0.15, 0.2) is 34.7 Å². The molecule has 196 valence electrons. The van der Waals surface area contributed by atoms with E-state index in [1.807, 2.05) is 30.3 Å². The summed E-state index contributed by atoms with van der Waals surface area (Å²) in [6.45, 7) is 1.65. The van der Waals surface area contributed by atoms with Crippen LogP contribution in [0.2, 0.25) is 0 Å². The van der Waals surface area contributed by atoms with Gasteiger partial charge in [-0.3, -0.25) is 19.2 Å². The molecule has 9 nitrogen and oxygen atoms in total. The molecule has 1 atom stereocenters. The predicted molar refractivity (Wildman–Crippen MR) is 133 cm³/mol. The summed E-state index contributed by atoms with van der Waals surface area (Å²) in [5.41, 5.74) is 3.57. The normalized spacial score (nSPS) is 14.7. The maximum atomic E-state index is 12.7. The highest BCUT2D eigenvalue weighted by atomic mass is 16.6. The first-order chi connectivity index (χ1) is 17.5. The Hall–Kier alpha value is -3.20. The third-order valence-corrected chi connectivity index (χ3v) is 6.59. The van der Waals surface area contributed by atoms with Crippen molar-refractivity contribution in [2.45, 2.75) is 77.2 Å². The fourth-order valence-corrected chi connectivity index (χ4v) is 4.59. The number of benzene rings is 1. The summed E-state index contributed by atoms with van der Waals surface area (Å²) in [6, 6.07) is 9.58. The summed E-state index contributed by atoms with van der Waals surface area (Å²) in [5.74, 6) is -0.241. The number of amides is 2. The molecule has 1 aromatic carbocycles. The van der Waals surface area contributed by atoms with Crippen molar-refractivity contribution in [1.82, 2.24) is 15.8 Å². The van der Waals surface area contributed by atoms with Gasteiger partial charge in [-0.2, -0.15) is 0 Å². The minimum Gasteiger partial charge on any atom is -0.468 e. The van der Waals surface area contributed by atoms with E-state index in [4.69, 9.17) is 9.25 Å². The summed E-state index contributed by atoms with van der Waals surface area (Å²) in [4.78, 5) is 46.3. The summed E-state index contributed by atoms with van der Waals surface area (Å²) in [7, 11) is 1.25. The number of esters is 1. The van der Waals surface area contributed by atoms with Crippen LogP contribution in [0, 0.1) is 12.8 Å². The summed E-state index contributed by atoms with van der Waals surface area (Å²) >= 11 is 0. The van der Waals surface area contributed by atoms with Gasteiger partial charge in [-0.25, -0.2) is 10.5 Å². The molecule has 36 heavy (non-hydrogen) atoms. The number of nitrogens with one attached hydrogen (secondary N) is 2. The molecule has 3 rings (SSSR count). The molecule has 9 heteroatoms. The maximum absolute atomic E-state index is 12.7. The van der Waals surface area contributed by atoms with E-state index in [9.17, 15) is 14.4 Å². The number of ether oxygens (including phenoxy) is 1. The number of aryl methyl sites for hydroxylation is 1. The van der Waals surface area contributed by atoms with Crippen LogP contribution in [0.5, 0.6) is 0 Å². The Morgan fingerprint density at radius 2 is 1.89 bits per heavy atom. The van der Waals surface area contributed by atoms with Gasteiger partial charge in [0.25, 0.3) is 5.91 Å². The molecule has 1 aliphatic rings. The molecule has 0 aliphatic heterocycles. The second-order valence-corrected chi connectivity index (χ2v) is 9.35. The average molecular weight is 500 g/mol. The van der Waals surface area contributed by atoms with Gasteiger partial charge in [-0.15, -0.1) is 0 Å². The number of aromatic nitrogens is 1. The minimum atomic E-state index is -0.558. The van der Waals surface area contributed by atoms with Gasteiger partial charge in [0.15, 0.2) is 11.6 Å². The predicted octanol–water partition coefficient (Wildman–Crippen LogP) is 4.36. The van der Waals surface area contributed by atoms with Gasteiger partial charge in [0.1, 0.15) is 12.3 Å². The van der Waals surface area contributed by atoms with Gasteiger partial charge in [-0.1, -0.05) is 75.3 Å². The highest BCUT2D eigenvalue weighted by Gasteiger charge is 2.26. The summed E-state index contributed by atoms with van der Waals surface area (Å²) < 4.78 is 10.4. The van der Waals surface area contributed by atoms with Crippen LogP contribution in [-0.2, 0) is 25.8 Å². The molecule has 2 N–H and O–H groups in total. The van der Waals surface area contributed by atoms with Crippen molar-refractivity contribution in [3.8, 4) is 0 Å². The summed E-state index contributed by atoms with van der Waals surface area (Å²) in [6.07, 6.45) is 9.32. The van der Waals surface area contributed by atoms with E-state index in [1.54, 1.807) is 6.92 Å². The Bertz CT molecular complexity index is 985. The molecule has 0 bridgehead atoms. The number of carbonyl (C=O) groups is 3. The largest absolute Gasteiger partial charge is 0.468 e.